The Morgan fingerprint density at radius 3 is 2.65 bits per heavy atom. The fraction of sp³-hybridized carbons (Fsp3) is 0.0952. The van der Waals surface area contributed by atoms with Gasteiger partial charge in [0.25, 0.3) is 0 Å². The zero-order chi connectivity index (χ0) is 17.9. The second-order valence-corrected chi connectivity index (χ2v) is 5.70. The molecule has 0 bridgehead atoms. The third kappa shape index (κ3) is 2.95. The maximum atomic E-state index is 11.9. The molecule has 26 heavy (non-hydrogen) atoms. The fourth-order valence-electron chi connectivity index (χ4n) is 2.79. The number of carbonyl (C=O) groups is 1. The number of ether oxygens (including phenoxy) is 2. The highest BCUT2D eigenvalue weighted by Gasteiger charge is 2.19. The summed E-state index contributed by atoms with van der Waals surface area (Å²) in [5, 5.41) is 0. The van der Waals surface area contributed by atoms with Crippen molar-refractivity contribution in [3.05, 3.63) is 83.7 Å². The predicted molar refractivity (Wildman–Crippen MR) is 98.5 cm³/mol. The lowest BCUT2D eigenvalue weighted by molar-refractivity contribution is 0.0526. The highest BCUT2D eigenvalue weighted by atomic mass is 16.5. The minimum Gasteiger partial charge on any atom is -0.462 e. The molecule has 0 saturated carbocycles. The number of esters is 1. The normalized spacial score (nSPS) is 12.1. The molecule has 0 aliphatic carbocycles. The van der Waals surface area contributed by atoms with Gasteiger partial charge in [-0.05, 0) is 37.3 Å². The van der Waals surface area contributed by atoms with Gasteiger partial charge in [0.1, 0.15) is 5.69 Å². The summed E-state index contributed by atoms with van der Waals surface area (Å²) in [5.74, 6) is 0.991. The first-order valence-corrected chi connectivity index (χ1v) is 8.34. The topological polar surface area (TPSA) is 60.8 Å². The van der Waals surface area contributed by atoms with Crippen LogP contribution in [0.2, 0.25) is 0 Å². The summed E-state index contributed by atoms with van der Waals surface area (Å²) >= 11 is 0. The van der Waals surface area contributed by atoms with Crippen molar-refractivity contribution in [3.63, 3.8) is 0 Å². The molecule has 0 unspecified atom stereocenters. The number of benzene rings is 2. The van der Waals surface area contributed by atoms with Crippen LogP contribution in [0.5, 0.6) is 11.5 Å². The zero-order valence-corrected chi connectivity index (χ0v) is 14.2. The summed E-state index contributed by atoms with van der Waals surface area (Å²) in [4.78, 5) is 20.8. The number of fused-ring (bicyclic) bond motifs is 2. The number of hydrogen-bond donors (Lipinski definition) is 0. The molecule has 1 aromatic heterocycles. The van der Waals surface area contributed by atoms with Crippen LogP contribution in [0.15, 0.2) is 72.0 Å². The number of nitrogens with zero attached hydrogens (tertiary/aromatic N) is 2. The lowest BCUT2D eigenvalue weighted by Crippen LogP contribution is -2.07. The minimum atomic E-state index is -0.333. The molecule has 2 heterocycles. The van der Waals surface area contributed by atoms with Crippen molar-refractivity contribution >= 4 is 17.4 Å². The van der Waals surface area contributed by atoms with Gasteiger partial charge in [-0.1, -0.05) is 24.3 Å². The van der Waals surface area contributed by atoms with Crippen molar-refractivity contribution in [3.8, 4) is 11.5 Å². The quantitative estimate of drug-likeness (QED) is 0.512. The molecule has 2 aromatic carbocycles. The largest absolute Gasteiger partial charge is 0.462 e. The van der Waals surface area contributed by atoms with E-state index in [1.807, 2.05) is 42.5 Å². The van der Waals surface area contributed by atoms with E-state index in [1.54, 1.807) is 31.5 Å². The third-order valence-corrected chi connectivity index (χ3v) is 4.03. The van der Waals surface area contributed by atoms with Crippen LogP contribution >= 0.6 is 0 Å². The van der Waals surface area contributed by atoms with Crippen molar-refractivity contribution in [2.24, 2.45) is 4.99 Å². The molecule has 3 aromatic rings. The van der Waals surface area contributed by atoms with Crippen LogP contribution in [-0.2, 0) is 4.74 Å². The Kier molecular flexibility index (Phi) is 4.19. The Balaban J connectivity index is 1.81. The smallest absolute Gasteiger partial charge is 0.338 e. The Labute approximate surface area is 151 Å². The van der Waals surface area contributed by atoms with Crippen LogP contribution in [0.4, 0.5) is 5.69 Å². The van der Waals surface area contributed by atoms with Gasteiger partial charge in [-0.25, -0.2) is 9.79 Å². The van der Waals surface area contributed by atoms with Gasteiger partial charge < -0.3 is 9.47 Å². The fourth-order valence-corrected chi connectivity index (χ4v) is 2.79. The highest BCUT2D eigenvalue weighted by Crippen LogP contribution is 2.38. The Morgan fingerprint density at radius 2 is 1.85 bits per heavy atom. The molecule has 0 spiro atoms. The van der Waals surface area contributed by atoms with E-state index in [0.717, 1.165) is 22.5 Å². The molecule has 0 atom stereocenters. The van der Waals surface area contributed by atoms with E-state index >= 15 is 0 Å². The highest BCUT2D eigenvalue weighted by molar-refractivity contribution is 6.16. The minimum absolute atomic E-state index is 0.333. The summed E-state index contributed by atoms with van der Waals surface area (Å²) in [5.41, 5.74) is 3.75. The van der Waals surface area contributed by atoms with Gasteiger partial charge in [-0.2, -0.15) is 0 Å². The Bertz CT molecular complexity index is 994. The van der Waals surface area contributed by atoms with E-state index in [-0.39, 0.29) is 5.97 Å². The second-order valence-electron chi connectivity index (χ2n) is 5.70. The van der Waals surface area contributed by atoms with Crippen LogP contribution < -0.4 is 4.74 Å². The average molecular weight is 344 g/mol. The number of aromatic nitrogens is 1. The first-order chi connectivity index (χ1) is 12.8. The maximum Gasteiger partial charge on any atom is 0.338 e. The Morgan fingerprint density at radius 1 is 1.04 bits per heavy atom. The van der Waals surface area contributed by atoms with Crippen molar-refractivity contribution in [2.45, 2.75) is 6.92 Å². The van der Waals surface area contributed by atoms with Gasteiger partial charge in [-0.15, -0.1) is 0 Å². The lowest BCUT2D eigenvalue weighted by atomic mass is 10.0. The van der Waals surface area contributed by atoms with Crippen molar-refractivity contribution in [1.29, 1.82) is 0 Å². The maximum absolute atomic E-state index is 11.9. The number of para-hydroxylation sites is 2. The van der Waals surface area contributed by atoms with Gasteiger partial charge in [0.2, 0.25) is 0 Å². The molecule has 0 saturated heterocycles. The van der Waals surface area contributed by atoms with Crippen LogP contribution in [-0.4, -0.2) is 23.3 Å². The summed E-state index contributed by atoms with van der Waals surface area (Å²) in [6.07, 6.45) is 3.39. The molecular formula is C21H16N2O3. The number of rotatable bonds is 3. The van der Waals surface area contributed by atoms with Gasteiger partial charge >= 0.3 is 5.97 Å². The van der Waals surface area contributed by atoms with E-state index in [0.29, 0.717) is 23.7 Å². The van der Waals surface area contributed by atoms with Gasteiger partial charge in [0.15, 0.2) is 11.5 Å². The van der Waals surface area contributed by atoms with Crippen molar-refractivity contribution in [2.75, 3.05) is 6.61 Å². The number of carbonyl (C=O) groups excluding carboxylic acids is 1. The lowest BCUT2D eigenvalue weighted by Gasteiger charge is -2.09. The molecule has 0 fully saturated rings. The Hall–Kier alpha value is -3.47. The monoisotopic (exact) mass is 344 g/mol. The first-order valence-electron chi connectivity index (χ1n) is 8.34. The summed E-state index contributed by atoms with van der Waals surface area (Å²) in [7, 11) is 0. The zero-order valence-electron chi connectivity index (χ0n) is 14.2. The molecule has 5 heteroatoms. The van der Waals surface area contributed by atoms with E-state index in [2.05, 4.69) is 4.98 Å². The molecule has 128 valence electrons. The van der Waals surface area contributed by atoms with Crippen molar-refractivity contribution in [1.82, 2.24) is 4.98 Å². The molecule has 1 aliphatic heterocycles. The molecule has 0 N–H and O–H groups in total. The first kappa shape index (κ1) is 16.0. The summed E-state index contributed by atoms with van der Waals surface area (Å²) in [6, 6.07) is 16.7. The molecule has 1 aliphatic rings. The van der Waals surface area contributed by atoms with Crippen LogP contribution in [0.3, 0.4) is 0 Å². The average Bonchev–Trinajstić information content (AvgIpc) is 2.85. The van der Waals surface area contributed by atoms with Crippen LogP contribution in [0.25, 0.3) is 0 Å². The van der Waals surface area contributed by atoms with Crippen LogP contribution in [0.1, 0.15) is 28.4 Å². The number of pyridine rings is 1. The number of aliphatic imine (C=N–C) groups is 1. The van der Waals surface area contributed by atoms with Gasteiger partial charge in [-0.3, -0.25) is 4.98 Å². The van der Waals surface area contributed by atoms with Crippen molar-refractivity contribution < 1.29 is 14.3 Å². The van der Waals surface area contributed by atoms with E-state index in [4.69, 9.17) is 14.5 Å². The number of hydrogen-bond acceptors (Lipinski definition) is 5. The SMILES string of the molecule is CCOC(=O)c1ccc(C2=Nc3ccccc3Oc3cnccc32)cc1. The van der Waals surface area contributed by atoms with Crippen LogP contribution in [0, 0.1) is 0 Å². The molecule has 0 amide bonds. The third-order valence-electron chi connectivity index (χ3n) is 4.03. The van der Waals surface area contributed by atoms with E-state index in [1.165, 1.54) is 0 Å². The molecule has 0 radical (unpaired) electrons. The van der Waals surface area contributed by atoms with Gasteiger partial charge in [0, 0.05) is 17.3 Å². The standard InChI is InChI=1S/C21H16N2O3/c1-2-25-21(24)15-9-7-14(8-10-15)20-16-11-12-22-13-19(16)26-18-6-4-3-5-17(18)23-20/h3-13H,2H2,1H3. The summed E-state index contributed by atoms with van der Waals surface area (Å²) < 4.78 is 11.0. The molecule has 5 nitrogen and oxygen atoms in total. The van der Waals surface area contributed by atoms with Gasteiger partial charge in [0.05, 0.1) is 24.1 Å². The molecule has 4 rings (SSSR count). The molecular weight excluding hydrogens is 328 g/mol. The summed E-state index contributed by atoms with van der Waals surface area (Å²) in [6.45, 7) is 2.14. The second kappa shape index (κ2) is 6.80. The van der Waals surface area contributed by atoms with E-state index in [9.17, 15) is 4.79 Å². The predicted octanol–water partition coefficient (Wildman–Crippen LogP) is 4.53. The van der Waals surface area contributed by atoms with E-state index < -0.39 is 0 Å².